The van der Waals surface area contributed by atoms with Crippen molar-refractivity contribution in [3.05, 3.63) is 81.5 Å². The standard InChI is InChI=1S/C21H12Cl2N2O4/c22-14-2-4-15(5-3-14)25-20(26)13(11-24)9-16-6-8-19(29-16)12-1-7-18(23)17(10-12)21(27)28/h1-10H,(H,25,26)(H,27,28)/b13-9+. The molecule has 1 amide bonds. The van der Waals surface area contributed by atoms with Crippen LogP contribution < -0.4 is 5.32 Å². The number of carboxylic acid groups (broad SMARTS) is 1. The molecule has 0 aliphatic rings. The van der Waals surface area contributed by atoms with Gasteiger partial charge in [-0.1, -0.05) is 23.2 Å². The molecule has 2 aromatic carbocycles. The van der Waals surface area contributed by atoms with Crippen molar-refractivity contribution in [3.63, 3.8) is 0 Å². The van der Waals surface area contributed by atoms with E-state index in [1.807, 2.05) is 6.07 Å². The maximum Gasteiger partial charge on any atom is 0.337 e. The second-order valence-corrected chi connectivity index (χ2v) is 6.68. The highest BCUT2D eigenvalue weighted by atomic mass is 35.5. The molecule has 6 nitrogen and oxygen atoms in total. The van der Waals surface area contributed by atoms with Crippen LogP contribution >= 0.6 is 23.2 Å². The Hall–Kier alpha value is -3.53. The summed E-state index contributed by atoms with van der Waals surface area (Å²) in [7, 11) is 0. The molecule has 0 spiro atoms. The predicted molar refractivity (Wildman–Crippen MR) is 110 cm³/mol. The minimum Gasteiger partial charge on any atom is -0.478 e. The first kappa shape index (κ1) is 20.2. The van der Waals surface area contributed by atoms with E-state index in [0.717, 1.165) is 0 Å². The van der Waals surface area contributed by atoms with Gasteiger partial charge in [-0.05, 0) is 54.6 Å². The molecule has 0 aliphatic carbocycles. The van der Waals surface area contributed by atoms with E-state index >= 15 is 0 Å². The van der Waals surface area contributed by atoms with Crippen LogP contribution in [0.5, 0.6) is 0 Å². The highest BCUT2D eigenvalue weighted by Crippen LogP contribution is 2.27. The van der Waals surface area contributed by atoms with Gasteiger partial charge in [0.2, 0.25) is 0 Å². The predicted octanol–water partition coefficient (Wildman–Crippen LogP) is 5.50. The number of rotatable bonds is 5. The van der Waals surface area contributed by atoms with E-state index in [-0.39, 0.29) is 21.9 Å². The zero-order valence-corrected chi connectivity index (χ0v) is 16.2. The highest BCUT2D eigenvalue weighted by Gasteiger charge is 2.14. The summed E-state index contributed by atoms with van der Waals surface area (Å²) in [5.41, 5.74) is 0.763. The fourth-order valence-electron chi connectivity index (χ4n) is 2.45. The number of carbonyl (C=O) groups is 2. The zero-order chi connectivity index (χ0) is 21.0. The molecule has 2 N–H and O–H groups in total. The SMILES string of the molecule is N#C/C(=C\c1ccc(-c2ccc(Cl)c(C(=O)O)c2)o1)C(=O)Nc1ccc(Cl)cc1. The molecular formula is C21H12Cl2N2O4. The number of halogens is 2. The number of nitrogens with zero attached hydrogens (tertiary/aromatic N) is 1. The van der Waals surface area contributed by atoms with Gasteiger partial charge < -0.3 is 14.8 Å². The lowest BCUT2D eigenvalue weighted by molar-refractivity contribution is -0.112. The number of carboxylic acids is 1. The molecule has 0 atom stereocenters. The van der Waals surface area contributed by atoms with Gasteiger partial charge in [-0.15, -0.1) is 0 Å². The first-order valence-corrected chi connectivity index (χ1v) is 8.95. The van der Waals surface area contributed by atoms with E-state index in [1.54, 1.807) is 42.5 Å². The molecule has 3 rings (SSSR count). The van der Waals surface area contributed by atoms with Gasteiger partial charge in [-0.2, -0.15) is 5.26 Å². The summed E-state index contributed by atoms with van der Waals surface area (Å²) < 4.78 is 5.63. The summed E-state index contributed by atoms with van der Waals surface area (Å²) in [6, 6.07) is 15.9. The number of nitrogens with one attached hydrogen (secondary N) is 1. The lowest BCUT2D eigenvalue weighted by atomic mass is 10.1. The van der Waals surface area contributed by atoms with Gasteiger partial charge in [0.1, 0.15) is 23.2 Å². The van der Waals surface area contributed by atoms with Gasteiger partial charge in [0.15, 0.2) is 0 Å². The quantitative estimate of drug-likeness (QED) is 0.414. The number of aromatic carboxylic acids is 1. The number of benzene rings is 2. The molecule has 0 saturated carbocycles. The minimum atomic E-state index is -1.16. The molecule has 1 aromatic heterocycles. The number of carbonyl (C=O) groups excluding carboxylic acids is 1. The number of nitriles is 1. The first-order valence-electron chi connectivity index (χ1n) is 8.19. The van der Waals surface area contributed by atoms with E-state index in [4.69, 9.17) is 27.6 Å². The van der Waals surface area contributed by atoms with Crippen LogP contribution in [0.3, 0.4) is 0 Å². The van der Waals surface area contributed by atoms with Crippen molar-refractivity contribution in [1.82, 2.24) is 0 Å². The summed E-state index contributed by atoms with van der Waals surface area (Å²) in [6.07, 6.45) is 1.29. The normalized spacial score (nSPS) is 11.0. The van der Waals surface area contributed by atoms with Crippen LogP contribution in [0.4, 0.5) is 5.69 Å². The van der Waals surface area contributed by atoms with Crippen molar-refractivity contribution in [2.75, 3.05) is 5.32 Å². The Bertz CT molecular complexity index is 1160. The third kappa shape index (κ3) is 4.85. The Morgan fingerprint density at radius 3 is 2.45 bits per heavy atom. The molecule has 0 radical (unpaired) electrons. The number of hydrogen-bond acceptors (Lipinski definition) is 4. The van der Waals surface area contributed by atoms with Gasteiger partial charge in [0, 0.05) is 22.3 Å². The number of amides is 1. The molecule has 8 heteroatoms. The molecule has 0 unspecified atom stereocenters. The Balaban J connectivity index is 1.83. The van der Waals surface area contributed by atoms with Crippen LogP contribution in [0.2, 0.25) is 10.0 Å². The maximum absolute atomic E-state index is 12.3. The third-order valence-electron chi connectivity index (χ3n) is 3.86. The van der Waals surface area contributed by atoms with E-state index in [9.17, 15) is 20.0 Å². The van der Waals surface area contributed by atoms with Crippen molar-refractivity contribution >= 4 is 46.8 Å². The number of anilines is 1. The maximum atomic E-state index is 12.3. The number of hydrogen-bond donors (Lipinski definition) is 2. The highest BCUT2D eigenvalue weighted by molar-refractivity contribution is 6.33. The summed E-state index contributed by atoms with van der Waals surface area (Å²) >= 11 is 11.7. The van der Waals surface area contributed by atoms with Crippen LogP contribution in [0, 0.1) is 11.3 Å². The monoisotopic (exact) mass is 426 g/mol. The average Bonchev–Trinajstić information content (AvgIpc) is 3.16. The van der Waals surface area contributed by atoms with Crippen LogP contribution in [-0.4, -0.2) is 17.0 Å². The summed E-state index contributed by atoms with van der Waals surface area (Å²) in [6.45, 7) is 0. The molecule has 0 fully saturated rings. The van der Waals surface area contributed by atoms with Crippen molar-refractivity contribution in [2.24, 2.45) is 0 Å². The van der Waals surface area contributed by atoms with Gasteiger partial charge in [0.05, 0.1) is 10.6 Å². The molecule has 3 aromatic rings. The summed E-state index contributed by atoms with van der Waals surface area (Å²) in [5.74, 6) is -1.14. The van der Waals surface area contributed by atoms with E-state index in [0.29, 0.717) is 22.0 Å². The Morgan fingerprint density at radius 2 is 1.79 bits per heavy atom. The summed E-state index contributed by atoms with van der Waals surface area (Å²) in [5, 5.41) is 21.7. The topological polar surface area (TPSA) is 103 Å². The lowest BCUT2D eigenvalue weighted by Crippen LogP contribution is -2.13. The van der Waals surface area contributed by atoms with Crippen molar-refractivity contribution in [1.29, 1.82) is 5.26 Å². The second-order valence-electron chi connectivity index (χ2n) is 5.83. The molecular weight excluding hydrogens is 415 g/mol. The van der Waals surface area contributed by atoms with Gasteiger partial charge in [-0.3, -0.25) is 4.79 Å². The largest absolute Gasteiger partial charge is 0.478 e. The van der Waals surface area contributed by atoms with Gasteiger partial charge in [-0.25, -0.2) is 4.79 Å². The first-order chi connectivity index (χ1) is 13.9. The smallest absolute Gasteiger partial charge is 0.337 e. The van der Waals surface area contributed by atoms with Crippen LogP contribution in [0.1, 0.15) is 16.1 Å². The van der Waals surface area contributed by atoms with Crippen molar-refractivity contribution in [3.8, 4) is 17.4 Å². The van der Waals surface area contributed by atoms with Crippen LogP contribution in [0.15, 0.2) is 64.6 Å². The summed E-state index contributed by atoms with van der Waals surface area (Å²) in [4.78, 5) is 23.5. The Kier molecular flexibility index (Phi) is 6.03. The van der Waals surface area contributed by atoms with E-state index < -0.39 is 11.9 Å². The average molecular weight is 427 g/mol. The van der Waals surface area contributed by atoms with Crippen molar-refractivity contribution < 1.29 is 19.1 Å². The van der Waals surface area contributed by atoms with Gasteiger partial charge in [0.25, 0.3) is 5.91 Å². The third-order valence-corrected chi connectivity index (χ3v) is 4.44. The fraction of sp³-hybridized carbons (Fsp3) is 0. The molecule has 0 bridgehead atoms. The lowest BCUT2D eigenvalue weighted by Gasteiger charge is -2.04. The Labute approximate surface area is 175 Å². The van der Waals surface area contributed by atoms with E-state index in [2.05, 4.69) is 5.32 Å². The molecule has 1 heterocycles. The second kappa shape index (κ2) is 8.65. The minimum absolute atomic E-state index is 0.0577. The van der Waals surface area contributed by atoms with Crippen molar-refractivity contribution in [2.45, 2.75) is 0 Å². The van der Waals surface area contributed by atoms with Crippen LogP contribution in [0.25, 0.3) is 17.4 Å². The van der Waals surface area contributed by atoms with Crippen LogP contribution in [-0.2, 0) is 4.79 Å². The molecule has 144 valence electrons. The molecule has 29 heavy (non-hydrogen) atoms. The Morgan fingerprint density at radius 1 is 1.07 bits per heavy atom. The number of furan rings is 1. The fourth-order valence-corrected chi connectivity index (χ4v) is 2.77. The molecule has 0 saturated heterocycles. The zero-order valence-electron chi connectivity index (χ0n) is 14.6. The van der Waals surface area contributed by atoms with Gasteiger partial charge >= 0.3 is 5.97 Å². The molecule has 0 aliphatic heterocycles. The van der Waals surface area contributed by atoms with E-state index in [1.165, 1.54) is 18.2 Å².